The van der Waals surface area contributed by atoms with E-state index in [-0.39, 0.29) is 0 Å². The van der Waals surface area contributed by atoms with Crippen molar-refractivity contribution < 1.29 is 0 Å². The van der Waals surface area contributed by atoms with Crippen LogP contribution in [0.4, 0.5) is 0 Å². The summed E-state index contributed by atoms with van der Waals surface area (Å²) in [6.07, 6.45) is 0. The van der Waals surface area contributed by atoms with Crippen molar-refractivity contribution in [2.45, 2.75) is 4.17 Å². The van der Waals surface area contributed by atoms with Crippen LogP contribution < -0.4 is 0 Å². The summed E-state index contributed by atoms with van der Waals surface area (Å²) in [6.45, 7) is 3.50. The van der Waals surface area contributed by atoms with Gasteiger partial charge in [0.1, 0.15) is 0 Å². The Kier molecular flexibility index (Phi) is 199. The van der Waals surface area contributed by atoms with Crippen LogP contribution >= 0.6 is 0 Å². The second kappa shape index (κ2) is 90.1. The van der Waals surface area contributed by atoms with Gasteiger partial charge < -0.3 is 0 Å². The number of nitriles is 1. The average Bonchev–Trinajstić information content (AvgIpc) is 1.50. The molecule has 0 unspecified atom stereocenters. The minimum atomic E-state index is 1.31. The first-order chi connectivity index (χ1) is 2.00. The molecular weight excluding hydrogens is 61.0 g/mol. The maximum atomic E-state index is 6.50. The third-order valence-electron chi connectivity index (χ3n) is 0. The van der Waals surface area contributed by atoms with E-state index in [0.717, 1.165) is 0 Å². The van der Waals surface area contributed by atoms with Crippen LogP contribution in [0.15, 0.2) is 0 Å². The second-order valence-electron chi connectivity index (χ2n) is 0. The molecule has 0 heterocycles. The van der Waals surface area contributed by atoms with Crippen LogP contribution in [0, 0.1) is 11.8 Å². The molecule has 0 atom stereocenters. The fraction of sp³-hybridized carbons (Fsp3) is 0.500. The summed E-state index contributed by atoms with van der Waals surface area (Å²) in [5.74, 6) is 0. The normalized spacial score (nSPS) is 2.25. The molecule has 1 nitrogen and oxygen atoms in total. The van der Waals surface area contributed by atoms with Crippen molar-refractivity contribution in [3.8, 4) is 6.57 Å². The van der Waals surface area contributed by atoms with Gasteiger partial charge in [-0.2, -0.15) is 0 Å². The molecule has 0 saturated carbocycles. The molecule has 0 radical (unpaired) electrons. The van der Waals surface area contributed by atoms with Crippen molar-refractivity contribution in [3.63, 3.8) is 0 Å². The molecule has 0 fully saturated rings. The first-order valence-corrected chi connectivity index (χ1v) is 3.26. The van der Waals surface area contributed by atoms with E-state index in [4.69, 9.17) is 5.26 Å². The van der Waals surface area contributed by atoms with E-state index in [1.165, 1.54) is 27.9 Å². The third-order valence-corrected chi connectivity index (χ3v) is 0. The van der Waals surface area contributed by atoms with Gasteiger partial charge in [-0.1, -0.05) is 0 Å². The molecular formula is C2H4NNa. The summed E-state index contributed by atoms with van der Waals surface area (Å²) in [7, 11) is 0. The summed E-state index contributed by atoms with van der Waals surface area (Å²) < 4.78 is 2.14. The van der Waals surface area contributed by atoms with Gasteiger partial charge in [-0.3, -0.25) is 0 Å². The molecule has 0 saturated heterocycles. The molecule has 0 aromatic heterocycles. The predicted molar refractivity (Wildman–Crippen MR) is 18.3 cm³/mol. The van der Waals surface area contributed by atoms with Crippen LogP contribution in [0.1, 0.15) is 0 Å². The van der Waals surface area contributed by atoms with Crippen molar-refractivity contribution in [3.05, 3.63) is 0 Å². The van der Waals surface area contributed by atoms with Gasteiger partial charge in [0.05, 0.1) is 0 Å². The Hall–Kier alpha value is 0.490. The van der Waals surface area contributed by atoms with Crippen molar-refractivity contribution >= 4 is 27.9 Å². The quantitative estimate of drug-likeness (QED) is 0.373. The van der Waals surface area contributed by atoms with E-state index >= 15 is 0 Å². The molecule has 0 amide bonds. The van der Waals surface area contributed by atoms with Crippen LogP contribution in [-0.4, -0.2) is 27.9 Å². The first-order valence-electron chi connectivity index (χ1n) is 1.26. The van der Waals surface area contributed by atoms with E-state index in [0.29, 0.717) is 0 Å². The second-order valence-corrected chi connectivity index (χ2v) is 0. The molecule has 0 aliphatic carbocycles. The number of rotatable bonds is 0. The Labute approximate surface area is 44.0 Å². The van der Waals surface area contributed by atoms with Crippen LogP contribution in [0.25, 0.3) is 0 Å². The monoisotopic (exact) mass is 65.0 g/mol. The zero-order valence-corrected chi connectivity index (χ0v) is 5.02. The van der Waals surface area contributed by atoms with E-state index in [1.54, 1.807) is 0 Å². The maximum absolute atomic E-state index is 6.50. The minimum absolute atomic E-state index is 1.31. The molecule has 0 aliphatic rings. The van der Waals surface area contributed by atoms with Gasteiger partial charge in [-0.25, -0.2) is 5.26 Å². The van der Waals surface area contributed by atoms with Crippen LogP contribution in [-0.2, 0) is 0 Å². The van der Waals surface area contributed by atoms with Gasteiger partial charge >= 0.3 is 32.1 Å². The Morgan fingerprint density at radius 2 is 1.50 bits per heavy atom. The third kappa shape index (κ3) is 23.0. The predicted octanol–water partition coefficient (Wildman–Crippen LogP) is 0.343. The SMILES string of the molecule is C#N.[CH3][Na]. The van der Waals surface area contributed by atoms with Gasteiger partial charge in [0.15, 0.2) is 0 Å². The van der Waals surface area contributed by atoms with Gasteiger partial charge in [-0.15, -0.1) is 0 Å². The van der Waals surface area contributed by atoms with E-state index in [9.17, 15) is 0 Å². The fourth-order valence-corrected chi connectivity index (χ4v) is 0. The fourth-order valence-electron chi connectivity index (χ4n) is 0. The molecule has 4 heavy (non-hydrogen) atoms. The summed E-state index contributed by atoms with van der Waals surface area (Å²) in [5.41, 5.74) is 0. The van der Waals surface area contributed by atoms with Crippen LogP contribution in [0.5, 0.6) is 0 Å². The summed E-state index contributed by atoms with van der Waals surface area (Å²) in [5, 5.41) is 6.50. The Morgan fingerprint density at radius 3 is 1.50 bits per heavy atom. The molecule has 0 N–H and O–H groups in total. The van der Waals surface area contributed by atoms with Crippen LogP contribution in [0.3, 0.4) is 0 Å². The number of hydrogen-bond acceptors (Lipinski definition) is 1. The summed E-state index contributed by atoms with van der Waals surface area (Å²) in [4.78, 5) is 0. The van der Waals surface area contributed by atoms with Crippen molar-refractivity contribution in [2.75, 3.05) is 0 Å². The van der Waals surface area contributed by atoms with Gasteiger partial charge in [-0.05, 0) is 0 Å². The molecule has 0 rings (SSSR count). The van der Waals surface area contributed by atoms with Crippen molar-refractivity contribution in [1.29, 1.82) is 5.26 Å². The van der Waals surface area contributed by atoms with Gasteiger partial charge in [0.2, 0.25) is 0 Å². The van der Waals surface area contributed by atoms with E-state index in [1.807, 2.05) is 0 Å². The average molecular weight is 65.1 g/mol. The molecule has 0 aromatic rings. The molecule has 2 heteroatoms. The molecule has 0 bridgehead atoms. The first kappa shape index (κ1) is 8.82. The van der Waals surface area contributed by atoms with Gasteiger partial charge in [0, 0.05) is 6.57 Å². The topological polar surface area (TPSA) is 23.8 Å². The number of nitrogens with zero attached hydrogens (tertiary/aromatic N) is 1. The zero-order chi connectivity index (χ0) is 4.00. The molecule has 18 valence electrons. The summed E-state index contributed by atoms with van der Waals surface area (Å²) in [6, 6.07) is 0. The Morgan fingerprint density at radius 1 is 1.50 bits per heavy atom. The standard InChI is InChI=1S/CHN.CH3.Na/c1-2;;/h1H;1H3;. The Balaban J connectivity index is 0. The number of hydrogen-bond donors (Lipinski definition) is 0. The van der Waals surface area contributed by atoms with Gasteiger partial charge in [0.25, 0.3) is 0 Å². The van der Waals surface area contributed by atoms with Crippen molar-refractivity contribution in [2.24, 2.45) is 0 Å². The summed E-state index contributed by atoms with van der Waals surface area (Å²) >= 11 is 1.31. The van der Waals surface area contributed by atoms with Crippen LogP contribution in [0.2, 0.25) is 4.17 Å². The van der Waals surface area contributed by atoms with E-state index < -0.39 is 0 Å². The van der Waals surface area contributed by atoms with E-state index in [2.05, 4.69) is 10.7 Å². The molecule has 0 aliphatic heterocycles. The van der Waals surface area contributed by atoms with Crippen molar-refractivity contribution in [1.82, 2.24) is 0 Å². The molecule has 0 aromatic carbocycles. The zero-order valence-electron chi connectivity index (χ0n) is 3.02. The Bertz CT molecular complexity index is 10.8. The molecule has 0 spiro atoms.